The highest BCUT2D eigenvalue weighted by Crippen LogP contribution is 2.41. The molecule has 92 valence electrons. The van der Waals surface area contributed by atoms with Crippen LogP contribution >= 0.6 is 0 Å². The van der Waals surface area contributed by atoms with Crippen molar-refractivity contribution in [1.29, 1.82) is 0 Å². The molecule has 1 heteroatoms. The Labute approximate surface area is 105 Å². The zero-order valence-electron chi connectivity index (χ0n) is 10.8. The molecule has 1 fully saturated rings. The third-order valence-electron chi connectivity index (χ3n) is 4.66. The lowest BCUT2D eigenvalue weighted by molar-refractivity contribution is 0.238. The molecule has 1 saturated carbocycles. The van der Waals surface area contributed by atoms with Gasteiger partial charge in [0.15, 0.2) is 0 Å². The molecule has 2 aliphatic carbocycles. The van der Waals surface area contributed by atoms with Gasteiger partial charge in [-0.1, -0.05) is 50.5 Å². The highest BCUT2D eigenvalue weighted by atomic mass is 14.9. The van der Waals surface area contributed by atoms with Gasteiger partial charge in [0.05, 0.1) is 0 Å². The van der Waals surface area contributed by atoms with Crippen molar-refractivity contribution in [2.75, 3.05) is 6.54 Å². The first-order valence-electron chi connectivity index (χ1n) is 7.19. The maximum absolute atomic E-state index is 3.72. The lowest BCUT2D eigenvalue weighted by Crippen LogP contribution is -2.42. The summed E-state index contributed by atoms with van der Waals surface area (Å²) < 4.78 is 0. The monoisotopic (exact) mass is 229 g/mol. The Hall–Kier alpha value is -0.820. The number of hydrogen-bond donors (Lipinski definition) is 1. The highest BCUT2D eigenvalue weighted by molar-refractivity contribution is 5.41. The number of likely N-dealkylation sites (N-methyl/N-ethyl adjacent to an activating group) is 1. The van der Waals surface area contributed by atoms with E-state index in [4.69, 9.17) is 0 Å². The number of fused-ring (bicyclic) bond motifs is 1. The van der Waals surface area contributed by atoms with E-state index < -0.39 is 0 Å². The van der Waals surface area contributed by atoms with Gasteiger partial charge in [0, 0.05) is 12.0 Å². The van der Waals surface area contributed by atoms with Gasteiger partial charge < -0.3 is 5.32 Å². The van der Waals surface area contributed by atoms with E-state index >= 15 is 0 Å². The molecule has 1 aromatic rings. The van der Waals surface area contributed by atoms with Crippen molar-refractivity contribution < 1.29 is 0 Å². The van der Waals surface area contributed by atoms with E-state index in [1.165, 1.54) is 32.1 Å². The van der Waals surface area contributed by atoms with E-state index in [1.54, 1.807) is 11.1 Å². The Kier molecular flexibility index (Phi) is 3.19. The first-order chi connectivity index (χ1) is 8.38. The largest absolute Gasteiger partial charge is 0.314 e. The molecule has 3 rings (SSSR count). The van der Waals surface area contributed by atoms with Crippen LogP contribution in [-0.2, 0) is 6.42 Å². The van der Waals surface area contributed by atoms with E-state index in [0.29, 0.717) is 0 Å². The molecule has 0 spiro atoms. The second-order valence-corrected chi connectivity index (χ2v) is 5.71. The lowest BCUT2D eigenvalue weighted by atomic mass is 9.69. The summed E-state index contributed by atoms with van der Waals surface area (Å²) in [7, 11) is 0. The Morgan fingerprint density at radius 1 is 1.29 bits per heavy atom. The molecule has 0 bridgehead atoms. The molecule has 2 atom stereocenters. The molecular formula is C16H23N. The van der Waals surface area contributed by atoms with Crippen LogP contribution in [0.5, 0.6) is 0 Å². The lowest BCUT2D eigenvalue weighted by Gasteiger charge is -2.40. The summed E-state index contributed by atoms with van der Waals surface area (Å²) in [5.74, 6) is 1.79. The van der Waals surface area contributed by atoms with Crippen LogP contribution in [0.1, 0.15) is 49.7 Å². The van der Waals surface area contributed by atoms with E-state index in [0.717, 1.165) is 24.4 Å². The fourth-order valence-electron chi connectivity index (χ4n) is 3.40. The van der Waals surface area contributed by atoms with Crippen LogP contribution in [0.3, 0.4) is 0 Å². The van der Waals surface area contributed by atoms with Crippen LogP contribution in [0, 0.1) is 5.92 Å². The normalized spacial score (nSPS) is 24.6. The molecule has 0 radical (unpaired) electrons. The third kappa shape index (κ3) is 2.13. The fraction of sp³-hybridized carbons (Fsp3) is 0.625. The average molecular weight is 229 g/mol. The zero-order valence-corrected chi connectivity index (χ0v) is 10.8. The van der Waals surface area contributed by atoms with Gasteiger partial charge >= 0.3 is 0 Å². The van der Waals surface area contributed by atoms with E-state index in [2.05, 4.69) is 36.5 Å². The molecule has 2 unspecified atom stereocenters. The predicted octanol–water partition coefficient (Wildman–Crippen LogP) is 3.49. The van der Waals surface area contributed by atoms with E-state index in [-0.39, 0.29) is 0 Å². The first kappa shape index (κ1) is 11.3. The van der Waals surface area contributed by atoms with Crippen molar-refractivity contribution in [3.05, 3.63) is 35.4 Å². The highest BCUT2D eigenvalue weighted by Gasteiger charge is 2.34. The minimum atomic E-state index is 0.722. The minimum absolute atomic E-state index is 0.722. The maximum Gasteiger partial charge on any atom is 0.0142 e. The van der Waals surface area contributed by atoms with Gasteiger partial charge in [-0.2, -0.15) is 0 Å². The van der Waals surface area contributed by atoms with Gasteiger partial charge in [-0.3, -0.25) is 0 Å². The van der Waals surface area contributed by atoms with Crippen LogP contribution < -0.4 is 5.32 Å². The van der Waals surface area contributed by atoms with Gasteiger partial charge in [-0.15, -0.1) is 0 Å². The van der Waals surface area contributed by atoms with Crippen molar-refractivity contribution in [2.24, 2.45) is 5.92 Å². The number of nitrogens with one attached hydrogen (secondary N) is 1. The Bertz CT molecular complexity index is 381. The third-order valence-corrected chi connectivity index (χ3v) is 4.66. The molecule has 0 heterocycles. The molecule has 0 aromatic heterocycles. The van der Waals surface area contributed by atoms with Gasteiger partial charge in [-0.05, 0) is 36.4 Å². The molecule has 1 nitrogen and oxygen atoms in total. The fourth-order valence-corrected chi connectivity index (χ4v) is 3.40. The summed E-state index contributed by atoms with van der Waals surface area (Å²) in [6.07, 6.45) is 7.09. The standard InChI is InChI=1S/C16H23N/c1-2-17-16(10-12-6-5-7-12)15-11-13-8-3-4-9-14(13)15/h3-4,8-9,12,15-17H,2,5-7,10-11H2,1H3. The van der Waals surface area contributed by atoms with Crippen LogP contribution in [0.4, 0.5) is 0 Å². The topological polar surface area (TPSA) is 12.0 Å². The van der Waals surface area contributed by atoms with Crippen molar-refractivity contribution in [2.45, 2.75) is 51.0 Å². The predicted molar refractivity (Wildman–Crippen MR) is 72.3 cm³/mol. The van der Waals surface area contributed by atoms with Crippen LogP contribution in [0.15, 0.2) is 24.3 Å². The Balaban J connectivity index is 1.68. The molecule has 0 saturated heterocycles. The molecule has 0 amide bonds. The summed E-state index contributed by atoms with van der Waals surface area (Å²) in [5, 5.41) is 3.72. The summed E-state index contributed by atoms with van der Waals surface area (Å²) >= 11 is 0. The quantitative estimate of drug-likeness (QED) is 0.815. The second-order valence-electron chi connectivity index (χ2n) is 5.71. The maximum atomic E-state index is 3.72. The van der Waals surface area contributed by atoms with Crippen LogP contribution in [-0.4, -0.2) is 12.6 Å². The average Bonchev–Trinajstić information content (AvgIpc) is 2.25. The number of rotatable bonds is 5. The molecule has 1 aromatic carbocycles. The van der Waals surface area contributed by atoms with Crippen molar-refractivity contribution in [3.63, 3.8) is 0 Å². The molecule has 17 heavy (non-hydrogen) atoms. The summed E-state index contributed by atoms with van der Waals surface area (Å²) in [4.78, 5) is 0. The summed E-state index contributed by atoms with van der Waals surface area (Å²) in [6.45, 7) is 3.34. The summed E-state index contributed by atoms with van der Waals surface area (Å²) in [6, 6.07) is 9.70. The van der Waals surface area contributed by atoms with Crippen molar-refractivity contribution in [3.8, 4) is 0 Å². The summed E-state index contributed by atoms with van der Waals surface area (Å²) in [5.41, 5.74) is 3.19. The van der Waals surface area contributed by atoms with Gasteiger partial charge in [-0.25, -0.2) is 0 Å². The molecule has 2 aliphatic rings. The smallest absolute Gasteiger partial charge is 0.0142 e. The van der Waals surface area contributed by atoms with Gasteiger partial charge in [0.2, 0.25) is 0 Å². The Morgan fingerprint density at radius 3 is 2.76 bits per heavy atom. The molecular weight excluding hydrogens is 206 g/mol. The number of benzene rings is 1. The van der Waals surface area contributed by atoms with E-state index in [9.17, 15) is 0 Å². The Morgan fingerprint density at radius 2 is 2.12 bits per heavy atom. The van der Waals surface area contributed by atoms with E-state index in [1.807, 2.05) is 0 Å². The SMILES string of the molecule is CCNC(CC1CCC1)C1Cc2ccccc21. The van der Waals surface area contributed by atoms with Gasteiger partial charge in [0.25, 0.3) is 0 Å². The first-order valence-corrected chi connectivity index (χ1v) is 7.19. The minimum Gasteiger partial charge on any atom is -0.314 e. The van der Waals surface area contributed by atoms with Crippen LogP contribution in [0.25, 0.3) is 0 Å². The molecule has 0 aliphatic heterocycles. The zero-order chi connectivity index (χ0) is 11.7. The van der Waals surface area contributed by atoms with Crippen molar-refractivity contribution in [1.82, 2.24) is 5.32 Å². The van der Waals surface area contributed by atoms with Crippen LogP contribution in [0.2, 0.25) is 0 Å². The number of hydrogen-bond acceptors (Lipinski definition) is 1. The van der Waals surface area contributed by atoms with Crippen molar-refractivity contribution >= 4 is 0 Å². The second kappa shape index (κ2) is 4.81. The van der Waals surface area contributed by atoms with Gasteiger partial charge in [0.1, 0.15) is 0 Å². The molecule has 1 N–H and O–H groups in total.